The third-order valence-corrected chi connectivity index (χ3v) is 5.37. The Kier molecular flexibility index (Phi) is 4.81. The number of rotatable bonds is 4. The zero-order chi connectivity index (χ0) is 21.3. The second kappa shape index (κ2) is 7.78. The van der Waals surface area contributed by atoms with Crippen LogP contribution in [0.2, 0.25) is 0 Å². The number of amidine groups is 1. The summed E-state index contributed by atoms with van der Waals surface area (Å²) < 4.78 is 5.34. The van der Waals surface area contributed by atoms with Crippen molar-refractivity contribution in [3.63, 3.8) is 0 Å². The van der Waals surface area contributed by atoms with Crippen LogP contribution in [0.3, 0.4) is 0 Å². The van der Waals surface area contributed by atoms with Crippen LogP contribution < -0.4 is 14.8 Å². The maximum Gasteiger partial charge on any atom is 0.335 e. The molecule has 0 aromatic heterocycles. The Balaban J connectivity index is 1.42. The van der Waals surface area contributed by atoms with Gasteiger partial charge >= 0.3 is 5.97 Å². The highest BCUT2D eigenvalue weighted by Crippen LogP contribution is 2.32. The van der Waals surface area contributed by atoms with E-state index in [1.165, 1.54) is 0 Å². The predicted octanol–water partition coefficient (Wildman–Crippen LogP) is 2.88. The van der Waals surface area contributed by atoms with E-state index in [1.807, 2.05) is 18.2 Å². The monoisotopic (exact) mass is 417 g/mol. The van der Waals surface area contributed by atoms with Gasteiger partial charge in [0.1, 0.15) is 6.21 Å². The average molecular weight is 417 g/mol. The first-order chi connectivity index (χ1) is 15.1. The summed E-state index contributed by atoms with van der Waals surface area (Å²) in [6.07, 6.45) is 5.04. The Morgan fingerprint density at radius 3 is 2.71 bits per heavy atom. The highest BCUT2D eigenvalue weighted by Gasteiger charge is 2.43. The van der Waals surface area contributed by atoms with Gasteiger partial charge in [0.05, 0.1) is 25.0 Å². The van der Waals surface area contributed by atoms with Crippen molar-refractivity contribution in [2.24, 2.45) is 15.1 Å². The largest absolute Gasteiger partial charge is 0.478 e. The molecule has 1 fully saturated rings. The Morgan fingerprint density at radius 2 is 1.94 bits per heavy atom. The Bertz CT molecular complexity index is 1130. The molecule has 2 aromatic carbocycles. The topological polar surface area (TPSA) is 98.9 Å². The van der Waals surface area contributed by atoms with Crippen LogP contribution in [0.5, 0.6) is 0 Å². The molecule has 9 heteroatoms. The highest BCUT2D eigenvalue weighted by atomic mass is 16.5. The molecule has 3 aliphatic heterocycles. The van der Waals surface area contributed by atoms with Gasteiger partial charge in [0.2, 0.25) is 0 Å². The maximum atomic E-state index is 11.4. The van der Waals surface area contributed by atoms with Gasteiger partial charge in [-0.3, -0.25) is 4.99 Å². The van der Waals surface area contributed by atoms with Crippen LogP contribution in [-0.2, 0) is 4.74 Å². The summed E-state index contributed by atoms with van der Waals surface area (Å²) in [5.41, 5.74) is 2.87. The summed E-state index contributed by atoms with van der Waals surface area (Å²) in [4.78, 5) is 22.5. The van der Waals surface area contributed by atoms with E-state index in [4.69, 9.17) is 9.84 Å². The molecule has 1 unspecified atom stereocenters. The summed E-state index contributed by atoms with van der Waals surface area (Å²) in [6.45, 7) is 3.25. The number of morpholine rings is 1. The lowest BCUT2D eigenvalue weighted by molar-refractivity contribution is 0.0697. The van der Waals surface area contributed by atoms with Crippen LogP contribution in [0, 0.1) is 0 Å². The van der Waals surface area contributed by atoms with Gasteiger partial charge in [0.15, 0.2) is 11.9 Å². The molecule has 3 aliphatic rings. The highest BCUT2D eigenvalue weighted by molar-refractivity contribution is 6.38. The number of carbonyl (C=O) groups is 1. The van der Waals surface area contributed by atoms with E-state index >= 15 is 0 Å². The maximum absolute atomic E-state index is 11.4. The number of quaternary nitrogens is 1. The number of anilines is 2. The van der Waals surface area contributed by atoms with Crippen molar-refractivity contribution in [2.75, 3.05) is 36.5 Å². The predicted molar refractivity (Wildman–Crippen MR) is 121 cm³/mol. The van der Waals surface area contributed by atoms with E-state index in [2.05, 4.69) is 32.3 Å². The van der Waals surface area contributed by atoms with Gasteiger partial charge in [0, 0.05) is 36.6 Å². The van der Waals surface area contributed by atoms with Gasteiger partial charge in [-0.15, -0.1) is 0 Å². The number of ether oxygens (including phenoxy) is 1. The molecule has 0 bridgehead atoms. The number of aliphatic imine (C=N–C) groups is 2. The van der Waals surface area contributed by atoms with Crippen molar-refractivity contribution < 1.29 is 14.6 Å². The molecule has 1 atom stereocenters. The minimum absolute atomic E-state index is 0.0706. The van der Waals surface area contributed by atoms with Crippen molar-refractivity contribution in [3.8, 4) is 0 Å². The molecule has 1 saturated heterocycles. The number of nitrogens with zero attached hydrogens (tertiary/aromatic N) is 5. The Hall–Kier alpha value is -3.82. The molecule has 0 aliphatic carbocycles. The first kappa shape index (κ1) is 19.2. The molecule has 5 rings (SSSR count). The fourth-order valence-corrected chi connectivity index (χ4v) is 3.77. The van der Waals surface area contributed by atoms with E-state index < -0.39 is 5.97 Å². The summed E-state index contributed by atoms with van der Waals surface area (Å²) in [5, 5.41) is 17.4. The van der Waals surface area contributed by atoms with Crippen LogP contribution in [0.4, 0.5) is 17.1 Å². The normalized spacial score (nSPS) is 22.0. The number of hydrogen-bond donors (Lipinski definition) is 2. The number of hydrogen-bond acceptors (Lipinski definition) is 7. The molecule has 31 heavy (non-hydrogen) atoms. The smallest absolute Gasteiger partial charge is 0.335 e. The molecule has 2 N–H and O–H groups in total. The van der Waals surface area contributed by atoms with Crippen molar-refractivity contribution in [1.29, 1.82) is 0 Å². The third-order valence-electron chi connectivity index (χ3n) is 5.37. The standard InChI is InChI=1S/C22H20N6O3/c29-21(30)16-2-1-3-19(14-16)28-11-8-23-15-20(28)25-22(26-28)24-17-4-6-18(7-5-17)27-9-12-31-13-10-27/h1-8,11,14-15H,9-10,12-13H2,(H-,24,26,29,30)/p+1. The van der Waals surface area contributed by atoms with Crippen LogP contribution in [0.25, 0.3) is 0 Å². The molecule has 0 amide bonds. The van der Waals surface area contributed by atoms with E-state index in [9.17, 15) is 9.90 Å². The van der Waals surface area contributed by atoms with Gasteiger partial charge in [-0.25, -0.2) is 4.79 Å². The quantitative estimate of drug-likeness (QED) is 0.746. The number of fused-ring (bicyclic) bond motifs is 1. The minimum Gasteiger partial charge on any atom is -0.478 e. The van der Waals surface area contributed by atoms with Crippen LogP contribution >= 0.6 is 0 Å². The average Bonchev–Trinajstić information content (AvgIpc) is 3.19. The van der Waals surface area contributed by atoms with Crippen LogP contribution in [0.1, 0.15) is 10.4 Å². The third kappa shape index (κ3) is 3.60. The fraction of sp³-hybridized carbons (Fsp3) is 0.182. The zero-order valence-electron chi connectivity index (χ0n) is 16.7. The zero-order valence-corrected chi connectivity index (χ0v) is 16.7. The van der Waals surface area contributed by atoms with Gasteiger partial charge < -0.3 is 20.1 Å². The van der Waals surface area contributed by atoms with Crippen molar-refractivity contribution >= 4 is 41.0 Å². The molecule has 0 radical (unpaired) electrons. The van der Waals surface area contributed by atoms with Gasteiger partial charge in [0.25, 0.3) is 11.8 Å². The van der Waals surface area contributed by atoms with Crippen molar-refractivity contribution in [1.82, 2.24) is 4.59 Å². The molecule has 156 valence electrons. The Morgan fingerprint density at radius 1 is 1.13 bits per heavy atom. The fourth-order valence-electron chi connectivity index (χ4n) is 3.77. The number of carboxylic acids is 1. The summed E-state index contributed by atoms with van der Waals surface area (Å²) >= 11 is 0. The number of nitrogens with one attached hydrogen (secondary N) is 1. The number of benzene rings is 2. The second-order valence-corrected chi connectivity index (χ2v) is 7.28. The summed E-state index contributed by atoms with van der Waals surface area (Å²) in [5.74, 6) is 0.0143. The molecular formula is C22H21N6O3+. The summed E-state index contributed by atoms with van der Waals surface area (Å²) in [7, 11) is 0. The van der Waals surface area contributed by atoms with Gasteiger partial charge in [-0.2, -0.15) is 4.99 Å². The van der Waals surface area contributed by atoms with Gasteiger partial charge in [-0.05, 0) is 35.4 Å². The molecule has 9 nitrogen and oxygen atoms in total. The minimum atomic E-state index is -0.991. The van der Waals surface area contributed by atoms with E-state index in [1.54, 1.807) is 36.8 Å². The lowest BCUT2D eigenvalue weighted by Crippen LogP contribution is -2.44. The number of carboxylic acid groups (broad SMARTS) is 1. The first-order valence-corrected chi connectivity index (χ1v) is 9.97. The first-order valence-electron chi connectivity index (χ1n) is 9.97. The van der Waals surface area contributed by atoms with Crippen molar-refractivity contribution in [2.45, 2.75) is 0 Å². The number of aromatic carboxylic acids is 1. The Labute approximate surface area is 178 Å². The molecule has 2 aromatic rings. The molecule has 0 saturated carbocycles. The van der Waals surface area contributed by atoms with E-state index in [0.717, 1.165) is 37.7 Å². The van der Waals surface area contributed by atoms with Crippen LogP contribution in [-0.4, -0.2) is 55.4 Å². The summed E-state index contributed by atoms with van der Waals surface area (Å²) in [6, 6.07) is 14.8. The molecular weight excluding hydrogens is 396 g/mol. The second-order valence-electron chi connectivity index (χ2n) is 7.28. The van der Waals surface area contributed by atoms with Crippen molar-refractivity contribution in [3.05, 3.63) is 66.5 Å². The lowest BCUT2D eigenvalue weighted by atomic mass is 10.2. The molecule has 0 spiro atoms. The SMILES string of the molecule is O=C(O)c1cccc([N+]23C=CN=CC2=NC(Nc2ccc(N4CCOCC4)cc2)=N3)c1. The lowest BCUT2D eigenvalue weighted by Gasteiger charge is -2.28. The van der Waals surface area contributed by atoms with E-state index in [-0.39, 0.29) is 10.2 Å². The molecule has 3 heterocycles. The van der Waals surface area contributed by atoms with Crippen LogP contribution in [0.15, 0.2) is 76.0 Å². The number of guanidine groups is 1. The van der Waals surface area contributed by atoms with Gasteiger partial charge in [-0.1, -0.05) is 10.7 Å². The van der Waals surface area contributed by atoms with E-state index in [0.29, 0.717) is 17.5 Å².